The summed E-state index contributed by atoms with van der Waals surface area (Å²) in [6.45, 7) is 5.30. The van der Waals surface area contributed by atoms with Gasteiger partial charge in [0.25, 0.3) is 0 Å². The van der Waals surface area contributed by atoms with E-state index in [9.17, 15) is 9.59 Å². The molecular weight excluding hydrogens is 497 g/mol. The summed E-state index contributed by atoms with van der Waals surface area (Å²) in [5, 5.41) is 1.27. The average Bonchev–Trinajstić information content (AvgIpc) is 3.66. The van der Waals surface area contributed by atoms with Crippen LogP contribution in [-0.4, -0.2) is 59.4 Å². The maximum absolute atomic E-state index is 13.5. The Morgan fingerprint density at radius 3 is 2.28 bits per heavy atom. The number of hydrogen-bond acceptors (Lipinski definition) is 4. The lowest BCUT2D eigenvalue weighted by molar-refractivity contribution is -0.144. The molecule has 0 bridgehead atoms. The standard InChI is InChI=1S/C28H33Cl2N3O3/c1-28(11-12-28)27(35)32-13-8-20(9-14-32)26(34)33-15-10-21(18-36-25-7-6-23(30)16-31-25)24(17-33)19-2-4-22(29)5-3-19/h2-7,16,20-21,24H,8-15,17-18H2,1H3/t21-,24-/m0/s1. The van der Waals surface area contributed by atoms with Gasteiger partial charge in [0.15, 0.2) is 0 Å². The lowest BCUT2D eigenvalue weighted by Gasteiger charge is -2.41. The van der Waals surface area contributed by atoms with E-state index in [1.807, 2.05) is 21.9 Å². The Labute approximate surface area is 222 Å². The summed E-state index contributed by atoms with van der Waals surface area (Å²) in [5.74, 6) is 1.41. The van der Waals surface area contributed by atoms with Crippen LogP contribution in [0.2, 0.25) is 10.0 Å². The lowest BCUT2D eigenvalue weighted by Crippen LogP contribution is -2.49. The minimum absolute atomic E-state index is 0.0157. The second-order valence-electron chi connectivity index (χ2n) is 10.7. The van der Waals surface area contributed by atoms with Crippen LogP contribution in [0.5, 0.6) is 5.88 Å². The van der Waals surface area contributed by atoms with Crippen LogP contribution in [0.1, 0.15) is 50.5 Å². The first-order valence-corrected chi connectivity index (χ1v) is 13.7. The normalized spacial score (nSPS) is 23.9. The van der Waals surface area contributed by atoms with Gasteiger partial charge in [-0.2, -0.15) is 0 Å². The predicted molar refractivity (Wildman–Crippen MR) is 140 cm³/mol. The molecule has 3 fully saturated rings. The lowest BCUT2D eigenvalue weighted by atomic mass is 9.80. The number of ether oxygens (including phenoxy) is 1. The Kier molecular flexibility index (Phi) is 7.45. The molecule has 1 saturated carbocycles. The van der Waals surface area contributed by atoms with Gasteiger partial charge in [0.2, 0.25) is 17.7 Å². The van der Waals surface area contributed by atoms with Crippen molar-refractivity contribution in [1.29, 1.82) is 0 Å². The summed E-state index contributed by atoms with van der Waals surface area (Å²) in [5.41, 5.74) is 1.02. The van der Waals surface area contributed by atoms with Gasteiger partial charge in [-0.1, -0.05) is 42.3 Å². The molecule has 1 aliphatic carbocycles. The Balaban J connectivity index is 1.23. The van der Waals surface area contributed by atoms with Crippen LogP contribution >= 0.6 is 23.2 Å². The van der Waals surface area contributed by atoms with Crippen LogP contribution < -0.4 is 4.74 Å². The number of hydrogen-bond donors (Lipinski definition) is 0. The highest BCUT2D eigenvalue weighted by atomic mass is 35.5. The summed E-state index contributed by atoms with van der Waals surface area (Å²) in [6.07, 6.45) is 5.91. The SMILES string of the molecule is CC1(C(=O)N2CCC(C(=O)N3CC[C@@H](COc4ccc(Cl)cn4)[C@H](c4ccc(Cl)cc4)C3)CC2)CC1. The fourth-order valence-electron chi connectivity index (χ4n) is 5.50. The molecule has 0 N–H and O–H groups in total. The molecule has 3 heterocycles. The molecule has 3 aliphatic rings. The van der Waals surface area contributed by atoms with Gasteiger partial charge in [-0.25, -0.2) is 4.98 Å². The first kappa shape index (κ1) is 25.3. The smallest absolute Gasteiger partial charge is 0.228 e. The van der Waals surface area contributed by atoms with Gasteiger partial charge in [-0.3, -0.25) is 9.59 Å². The van der Waals surface area contributed by atoms with E-state index >= 15 is 0 Å². The largest absolute Gasteiger partial charge is 0.477 e. The molecule has 192 valence electrons. The van der Waals surface area contributed by atoms with Crippen molar-refractivity contribution in [3.63, 3.8) is 0 Å². The number of benzene rings is 1. The molecule has 8 heteroatoms. The van der Waals surface area contributed by atoms with Crippen LogP contribution in [-0.2, 0) is 9.59 Å². The molecule has 1 aromatic heterocycles. The van der Waals surface area contributed by atoms with Gasteiger partial charge in [-0.15, -0.1) is 0 Å². The monoisotopic (exact) mass is 529 g/mol. The van der Waals surface area contributed by atoms with Crippen molar-refractivity contribution >= 4 is 35.0 Å². The number of pyridine rings is 1. The zero-order valence-corrected chi connectivity index (χ0v) is 22.2. The highest BCUT2D eigenvalue weighted by molar-refractivity contribution is 6.30. The second kappa shape index (κ2) is 10.6. The summed E-state index contributed by atoms with van der Waals surface area (Å²) in [7, 11) is 0. The number of amides is 2. The molecule has 2 saturated heterocycles. The predicted octanol–water partition coefficient (Wildman–Crippen LogP) is 5.44. The third-order valence-electron chi connectivity index (χ3n) is 8.16. The molecule has 6 nitrogen and oxygen atoms in total. The number of halogens is 2. The van der Waals surface area contributed by atoms with Gasteiger partial charge in [0, 0.05) is 66.6 Å². The van der Waals surface area contributed by atoms with Crippen molar-refractivity contribution in [2.45, 2.75) is 44.9 Å². The van der Waals surface area contributed by atoms with Gasteiger partial charge in [-0.05, 0) is 55.9 Å². The zero-order chi connectivity index (χ0) is 25.3. The zero-order valence-electron chi connectivity index (χ0n) is 20.7. The van der Waals surface area contributed by atoms with Crippen molar-refractivity contribution < 1.29 is 14.3 Å². The number of nitrogens with zero attached hydrogens (tertiary/aromatic N) is 3. The quantitative estimate of drug-likeness (QED) is 0.499. The molecule has 2 amide bonds. The van der Waals surface area contributed by atoms with Gasteiger partial charge in [0.1, 0.15) is 0 Å². The van der Waals surface area contributed by atoms with E-state index in [1.54, 1.807) is 18.3 Å². The average molecular weight is 530 g/mol. The van der Waals surface area contributed by atoms with Crippen LogP contribution in [0.3, 0.4) is 0 Å². The fourth-order valence-corrected chi connectivity index (χ4v) is 5.74. The van der Waals surface area contributed by atoms with E-state index in [2.05, 4.69) is 24.0 Å². The maximum Gasteiger partial charge on any atom is 0.228 e. The van der Waals surface area contributed by atoms with Crippen molar-refractivity contribution in [2.75, 3.05) is 32.8 Å². The molecule has 2 aliphatic heterocycles. The number of likely N-dealkylation sites (tertiary alicyclic amines) is 2. The third-order valence-corrected chi connectivity index (χ3v) is 8.63. The molecule has 36 heavy (non-hydrogen) atoms. The first-order chi connectivity index (χ1) is 17.3. The fraction of sp³-hybridized carbons (Fsp3) is 0.536. The molecule has 0 unspecified atom stereocenters. The molecule has 5 rings (SSSR count). The molecule has 2 atom stereocenters. The summed E-state index contributed by atoms with van der Waals surface area (Å²) in [6, 6.07) is 11.5. The number of aromatic nitrogens is 1. The maximum atomic E-state index is 13.5. The van der Waals surface area contributed by atoms with E-state index in [-0.39, 0.29) is 35.0 Å². The van der Waals surface area contributed by atoms with E-state index in [0.717, 1.165) is 37.7 Å². The Morgan fingerprint density at radius 2 is 1.64 bits per heavy atom. The van der Waals surface area contributed by atoms with Crippen LogP contribution in [0, 0.1) is 17.3 Å². The summed E-state index contributed by atoms with van der Waals surface area (Å²) >= 11 is 12.1. The van der Waals surface area contributed by atoms with Crippen LogP contribution in [0.25, 0.3) is 0 Å². The summed E-state index contributed by atoms with van der Waals surface area (Å²) < 4.78 is 6.02. The number of piperidine rings is 2. The van der Waals surface area contributed by atoms with Gasteiger partial charge >= 0.3 is 0 Å². The molecule has 2 aromatic rings. The highest BCUT2D eigenvalue weighted by Gasteiger charge is 2.48. The van der Waals surface area contributed by atoms with Gasteiger partial charge in [0.05, 0.1) is 11.6 Å². The minimum atomic E-state index is -0.145. The molecule has 1 aromatic carbocycles. The van der Waals surface area contributed by atoms with Crippen LogP contribution in [0.15, 0.2) is 42.6 Å². The van der Waals surface area contributed by atoms with E-state index in [1.165, 1.54) is 0 Å². The van der Waals surface area contributed by atoms with Crippen LogP contribution in [0.4, 0.5) is 0 Å². The van der Waals surface area contributed by atoms with E-state index in [0.29, 0.717) is 48.7 Å². The first-order valence-electron chi connectivity index (χ1n) is 12.9. The minimum Gasteiger partial charge on any atom is -0.477 e. The van der Waals surface area contributed by atoms with Crippen molar-refractivity contribution in [3.05, 3.63) is 58.2 Å². The topological polar surface area (TPSA) is 62.7 Å². The third kappa shape index (κ3) is 5.65. The number of carbonyl (C=O) groups excluding carboxylic acids is 2. The second-order valence-corrected chi connectivity index (χ2v) is 11.6. The number of rotatable bonds is 6. The van der Waals surface area contributed by atoms with Crippen molar-refractivity contribution in [3.8, 4) is 5.88 Å². The van der Waals surface area contributed by atoms with E-state index < -0.39 is 0 Å². The van der Waals surface area contributed by atoms with Gasteiger partial charge < -0.3 is 14.5 Å². The number of carbonyl (C=O) groups is 2. The Bertz CT molecular complexity index is 1080. The Hall–Kier alpha value is -2.31. The molecule has 0 spiro atoms. The summed E-state index contributed by atoms with van der Waals surface area (Å²) in [4.78, 5) is 34.5. The molecule has 0 radical (unpaired) electrons. The van der Waals surface area contributed by atoms with Crippen molar-refractivity contribution in [1.82, 2.24) is 14.8 Å². The highest BCUT2D eigenvalue weighted by Crippen LogP contribution is 2.47. The molecular formula is C28H33Cl2N3O3. The van der Waals surface area contributed by atoms with E-state index in [4.69, 9.17) is 27.9 Å². The Morgan fingerprint density at radius 1 is 0.972 bits per heavy atom. The van der Waals surface area contributed by atoms with Crippen molar-refractivity contribution in [2.24, 2.45) is 17.3 Å².